The van der Waals surface area contributed by atoms with Crippen molar-refractivity contribution in [1.82, 2.24) is 4.98 Å². The van der Waals surface area contributed by atoms with E-state index in [-0.39, 0.29) is 28.3 Å². The molecule has 1 amide bonds. The lowest BCUT2D eigenvalue weighted by atomic mass is 10.3. The van der Waals surface area contributed by atoms with Gasteiger partial charge in [0.25, 0.3) is 5.91 Å². The zero-order valence-electron chi connectivity index (χ0n) is 13.5. The van der Waals surface area contributed by atoms with Crippen molar-refractivity contribution in [1.29, 1.82) is 0 Å². The average Bonchev–Trinajstić information content (AvgIpc) is 2.95. The number of aromatic nitrogens is 1. The van der Waals surface area contributed by atoms with Crippen LogP contribution >= 0.6 is 46.1 Å². The molecule has 9 heteroatoms. The molecule has 0 atom stereocenters. The highest BCUT2D eigenvalue weighted by molar-refractivity contribution is 7.22. The van der Waals surface area contributed by atoms with E-state index in [1.54, 1.807) is 0 Å². The fourth-order valence-electron chi connectivity index (χ4n) is 2.17. The summed E-state index contributed by atoms with van der Waals surface area (Å²) in [6, 6.07) is 8.55. The molecule has 0 aliphatic rings. The lowest BCUT2D eigenvalue weighted by molar-refractivity contribution is -0.118. The van der Waals surface area contributed by atoms with Crippen molar-refractivity contribution in [3.63, 3.8) is 0 Å². The number of amides is 1. The minimum Gasteiger partial charge on any atom is -0.494 e. The summed E-state index contributed by atoms with van der Waals surface area (Å²) in [4.78, 5) is 16.5. The first-order valence-corrected chi connectivity index (χ1v) is 9.52. The molecular weight excluding hydrogens is 419 g/mol. The van der Waals surface area contributed by atoms with E-state index in [0.29, 0.717) is 16.8 Å². The third-order valence-corrected chi connectivity index (χ3v) is 4.94. The molecule has 1 heterocycles. The molecule has 5 nitrogen and oxygen atoms in total. The summed E-state index contributed by atoms with van der Waals surface area (Å²) in [6.07, 6.45) is 0. The number of nitrogens with one attached hydrogen (secondary N) is 1. The molecule has 0 unspecified atom stereocenters. The van der Waals surface area contributed by atoms with Gasteiger partial charge in [-0.25, -0.2) is 4.98 Å². The highest BCUT2D eigenvalue weighted by atomic mass is 35.5. The fraction of sp³-hybridized carbons (Fsp3) is 0.176. The standard InChI is InChI=1S/C17H13Cl3N2O3S/c1-2-24-10-3-4-13-14(7-10)26-17(21-13)22-15(23)8-25-16-11(19)5-9(18)6-12(16)20/h3-7H,2,8H2,1H3,(H,21,22,23). The van der Waals surface area contributed by atoms with E-state index in [1.807, 2.05) is 25.1 Å². The number of carbonyl (C=O) groups excluding carboxylic acids is 1. The minimum absolute atomic E-state index is 0.207. The van der Waals surface area contributed by atoms with Crippen LogP contribution in [0.3, 0.4) is 0 Å². The van der Waals surface area contributed by atoms with Crippen molar-refractivity contribution in [2.45, 2.75) is 6.92 Å². The maximum absolute atomic E-state index is 12.1. The van der Waals surface area contributed by atoms with Gasteiger partial charge in [-0.05, 0) is 37.3 Å². The minimum atomic E-state index is -0.379. The molecule has 26 heavy (non-hydrogen) atoms. The molecule has 1 aromatic heterocycles. The van der Waals surface area contributed by atoms with Crippen LogP contribution in [0.25, 0.3) is 10.2 Å². The van der Waals surface area contributed by atoms with E-state index in [1.165, 1.54) is 23.5 Å². The number of benzene rings is 2. The number of rotatable bonds is 6. The Morgan fingerprint density at radius 3 is 2.58 bits per heavy atom. The molecule has 0 aliphatic heterocycles. The number of ether oxygens (including phenoxy) is 2. The zero-order chi connectivity index (χ0) is 18.7. The Balaban J connectivity index is 1.66. The molecule has 0 saturated heterocycles. The summed E-state index contributed by atoms with van der Waals surface area (Å²) in [5, 5.41) is 4.02. The molecular formula is C17H13Cl3N2O3S. The number of carbonyl (C=O) groups is 1. The van der Waals surface area contributed by atoms with E-state index < -0.39 is 0 Å². The van der Waals surface area contributed by atoms with Gasteiger partial charge in [0.05, 0.1) is 26.9 Å². The van der Waals surface area contributed by atoms with Crippen LogP contribution in [0.5, 0.6) is 11.5 Å². The predicted octanol–water partition coefficient (Wildman–Crippen LogP) is 5.67. The molecule has 0 fully saturated rings. The Morgan fingerprint density at radius 2 is 1.88 bits per heavy atom. The third-order valence-electron chi connectivity index (χ3n) is 3.23. The van der Waals surface area contributed by atoms with E-state index in [4.69, 9.17) is 44.3 Å². The van der Waals surface area contributed by atoms with Gasteiger partial charge in [-0.3, -0.25) is 10.1 Å². The Morgan fingerprint density at radius 1 is 1.15 bits per heavy atom. The van der Waals surface area contributed by atoms with Gasteiger partial charge < -0.3 is 9.47 Å². The van der Waals surface area contributed by atoms with Crippen LogP contribution in [0.4, 0.5) is 5.13 Å². The molecule has 1 N–H and O–H groups in total. The maximum atomic E-state index is 12.1. The van der Waals surface area contributed by atoms with Gasteiger partial charge >= 0.3 is 0 Å². The number of nitrogens with zero attached hydrogens (tertiary/aromatic N) is 1. The van der Waals surface area contributed by atoms with Crippen molar-refractivity contribution < 1.29 is 14.3 Å². The SMILES string of the molecule is CCOc1ccc2nc(NC(=O)COc3c(Cl)cc(Cl)cc3Cl)sc2c1. The number of thiazole rings is 1. The van der Waals surface area contributed by atoms with Gasteiger partial charge in [-0.1, -0.05) is 46.1 Å². The summed E-state index contributed by atoms with van der Waals surface area (Å²) in [5.41, 5.74) is 0.776. The Bertz CT molecular complexity index is 939. The van der Waals surface area contributed by atoms with Gasteiger partial charge in [0.2, 0.25) is 0 Å². The van der Waals surface area contributed by atoms with Gasteiger partial charge in [-0.2, -0.15) is 0 Å². The van der Waals surface area contributed by atoms with E-state index in [9.17, 15) is 4.79 Å². The number of fused-ring (bicyclic) bond motifs is 1. The molecule has 0 saturated carbocycles. The Kier molecular flexibility index (Phi) is 6.09. The lowest BCUT2D eigenvalue weighted by Crippen LogP contribution is -2.20. The van der Waals surface area contributed by atoms with E-state index in [2.05, 4.69) is 10.3 Å². The highest BCUT2D eigenvalue weighted by Crippen LogP contribution is 2.36. The van der Waals surface area contributed by atoms with Crippen LogP contribution in [0.2, 0.25) is 15.1 Å². The van der Waals surface area contributed by atoms with Crippen LogP contribution in [0.1, 0.15) is 6.92 Å². The van der Waals surface area contributed by atoms with Crippen molar-refractivity contribution in [2.24, 2.45) is 0 Å². The number of halogens is 3. The number of hydrogen-bond donors (Lipinski definition) is 1. The summed E-state index contributed by atoms with van der Waals surface area (Å²) >= 11 is 19.2. The Hall–Kier alpha value is -1.73. The average molecular weight is 432 g/mol. The lowest BCUT2D eigenvalue weighted by Gasteiger charge is -2.09. The third kappa shape index (κ3) is 4.51. The molecule has 0 aliphatic carbocycles. The van der Waals surface area contributed by atoms with Crippen molar-refractivity contribution in [3.8, 4) is 11.5 Å². The molecule has 0 bridgehead atoms. The number of anilines is 1. The first-order valence-electron chi connectivity index (χ1n) is 7.57. The molecule has 0 spiro atoms. The van der Waals surface area contributed by atoms with Crippen molar-refractivity contribution in [3.05, 3.63) is 45.4 Å². The van der Waals surface area contributed by atoms with E-state index in [0.717, 1.165) is 16.0 Å². The highest BCUT2D eigenvalue weighted by Gasteiger charge is 2.13. The second kappa shape index (κ2) is 8.31. The quantitative estimate of drug-likeness (QED) is 0.546. The summed E-state index contributed by atoms with van der Waals surface area (Å²) < 4.78 is 11.8. The van der Waals surface area contributed by atoms with Crippen molar-refractivity contribution >= 4 is 67.4 Å². The van der Waals surface area contributed by atoms with Gasteiger partial charge in [-0.15, -0.1) is 0 Å². The maximum Gasteiger partial charge on any atom is 0.264 e. The monoisotopic (exact) mass is 430 g/mol. The van der Waals surface area contributed by atoms with Crippen LogP contribution in [0, 0.1) is 0 Å². The van der Waals surface area contributed by atoms with Gasteiger partial charge in [0.1, 0.15) is 5.75 Å². The molecule has 136 valence electrons. The zero-order valence-corrected chi connectivity index (χ0v) is 16.6. The predicted molar refractivity (Wildman–Crippen MR) is 106 cm³/mol. The first kappa shape index (κ1) is 19.0. The van der Waals surface area contributed by atoms with Crippen LogP contribution in [-0.4, -0.2) is 24.1 Å². The van der Waals surface area contributed by atoms with Crippen LogP contribution in [-0.2, 0) is 4.79 Å². The molecule has 3 rings (SSSR count). The second-order valence-electron chi connectivity index (χ2n) is 5.12. The molecule has 0 radical (unpaired) electrons. The summed E-state index contributed by atoms with van der Waals surface area (Å²) in [6.45, 7) is 2.24. The van der Waals surface area contributed by atoms with E-state index >= 15 is 0 Å². The van der Waals surface area contributed by atoms with Gasteiger partial charge in [0, 0.05) is 5.02 Å². The Labute approximate surface area is 168 Å². The smallest absolute Gasteiger partial charge is 0.264 e. The topological polar surface area (TPSA) is 60.5 Å². The normalized spacial score (nSPS) is 10.8. The second-order valence-corrected chi connectivity index (χ2v) is 7.40. The van der Waals surface area contributed by atoms with Crippen molar-refractivity contribution in [2.75, 3.05) is 18.5 Å². The summed E-state index contributed by atoms with van der Waals surface area (Å²) in [5.74, 6) is 0.589. The number of hydrogen-bond acceptors (Lipinski definition) is 5. The van der Waals surface area contributed by atoms with Gasteiger partial charge in [0.15, 0.2) is 17.5 Å². The largest absolute Gasteiger partial charge is 0.494 e. The van der Waals surface area contributed by atoms with Crippen LogP contribution in [0.15, 0.2) is 30.3 Å². The van der Waals surface area contributed by atoms with Crippen LogP contribution < -0.4 is 14.8 Å². The molecule has 3 aromatic rings. The summed E-state index contributed by atoms with van der Waals surface area (Å²) in [7, 11) is 0. The molecule has 2 aromatic carbocycles. The first-order chi connectivity index (χ1) is 12.5. The fourth-order valence-corrected chi connectivity index (χ4v) is 4.01.